The number of fused-ring (bicyclic) bond motifs is 2. The van der Waals surface area contributed by atoms with E-state index in [0.717, 1.165) is 72.3 Å². The number of halogens is 2. The van der Waals surface area contributed by atoms with Gasteiger partial charge in [0.05, 0.1) is 17.5 Å². The van der Waals surface area contributed by atoms with Gasteiger partial charge in [0.25, 0.3) is 0 Å². The highest BCUT2D eigenvalue weighted by Crippen LogP contribution is 2.28. The summed E-state index contributed by atoms with van der Waals surface area (Å²) in [5.74, 6) is -0.480. The van der Waals surface area contributed by atoms with Crippen LogP contribution in [0.25, 0.3) is 21.9 Å². The van der Waals surface area contributed by atoms with E-state index in [9.17, 15) is 8.78 Å². The molecule has 0 atom stereocenters. The fourth-order valence-corrected chi connectivity index (χ4v) is 4.12. The van der Waals surface area contributed by atoms with Crippen molar-refractivity contribution in [2.45, 2.75) is 6.42 Å². The summed E-state index contributed by atoms with van der Waals surface area (Å²) in [5, 5.41) is 1.67. The number of furan rings is 1. The molecule has 6 heteroatoms. The van der Waals surface area contributed by atoms with Gasteiger partial charge in [-0.05, 0) is 48.4 Å². The summed E-state index contributed by atoms with van der Waals surface area (Å²) in [5.41, 5.74) is 3.45. The molecule has 1 aliphatic heterocycles. The van der Waals surface area contributed by atoms with E-state index in [4.69, 9.17) is 4.42 Å². The van der Waals surface area contributed by atoms with Crippen molar-refractivity contribution < 1.29 is 13.2 Å². The zero-order valence-corrected chi connectivity index (χ0v) is 15.9. The number of pyridine rings is 1. The Labute approximate surface area is 167 Å². The molecule has 2 aromatic heterocycles. The van der Waals surface area contributed by atoms with Crippen molar-refractivity contribution in [3.8, 4) is 0 Å². The Kier molecular flexibility index (Phi) is 4.64. The van der Waals surface area contributed by atoms with Crippen LogP contribution in [-0.4, -0.2) is 42.6 Å². The first kappa shape index (κ1) is 18.1. The van der Waals surface area contributed by atoms with E-state index >= 15 is 0 Å². The van der Waals surface area contributed by atoms with Gasteiger partial charge in [0.15, 0.2) is 0 Å². The molecule has 0 saturated carbocycles. The van der Waals surface area contributed by atoms with E-state index in [1.807, 2.05) is 12.1 Å². The standard InChI is InChI=1S/C23H21F2N3O/c24-18-3-4-22-20(13-18)17(15-29-22)5-7-27-8-10-28(11-9-27)21-14-19(25)12-16-2-1-6-26-23(16)21/h1-4,6,12-15H,5,7-11H2. The summed E-state index contributed by atoms with van der Waals surface area (Å²) in [6.45, 7) is 4.27. The number of hydrogen-bond acceptors (Lipinski definition) is 4. The maximum atomic E-state index is 14.1. The monoisotopic (exact) mass is 393 g/mol. The number of nitrogens with zero attached hydrogens (tertiary/aromatic N) is 3. The molecule has 4 aromatic rings. The van der Waals surface area contributed by atoms with Crippen LogP contribution in [-0.2, 0) is 6.42 Å². The average molecular weight is 393 g/mol. The summed E-state index contributed by atoms with van der Waals surface area (Å²) < 4.78 is 33.1. The van der Waals surface area contributed by atoms with Gasteiger partial charge in [-0.25, -0.2) is 8.78 Å². The van der Waals surface area contributed by atoms with Crippen LogP contribution < -0.4 is 4.90 Å². The largest absolute Gasteiger partial charge is 0.464 e. The van der Waals surface area contributed by atoms with Gasteiger partial charge < -0.3 is 9.32 Å². The number of rotatable bonds is 4. The van der Waals surface area contributed by atoms with Crippen molar-refractivity contribution in [3.05, 3.63) is 72.1 Å². The SMILES string of the molecule is Fc1cc(N2CCN(CCc3coc4ccc(F)cc34)CC2)c2ncccc2c1. The molecule has 1 saturated heterocycles. The molecule has 1 aliphatic rings. The molecular weight excluding hydrogens is 372 g/mol. The highest BCUT2D eigenvalue weighted by molar-refractivity contribution is 5.90. The second-order valence-electron chi connectivity index (χ2n) is 7.48. The van der Waals surface area contributed by atoms with E-state index in [2.05, 4.69) is 14.8 Å². The molecular formula is C23H21F2N3O. The maximum Gasteiger partial charge on any atom is 0.134 e. The topological polar surface area (TPSA) is 32.5 Å². The van der Waals surface area contributed by atoms with Gasteiger partial charge in [0, 0.05) is 49.7 Å². The number of aromatic nitrogens is 1. The Morgan fingerprint density at radius 1 is 0.966 bits per heavy atom. The van der Waals surface area contributed by atoms with Crippen LogP contribution in [0.5, 0.6) is 0 Å². The third kappa shape index (κ3) is 3.56. The first-order valence-electron chi connectivity index (χ1n) is 9.84. The third-order valence-corrected chi connectivity index (χ3v) is 5.68. The summed E-state index contributed by atoms with van der Waals surface area (Å²) in [6.07, 6.45) is 4.28. The Morgan fingerprint density at radius 3 is 2.69 bits per heavy atom. The molecule has 0 amide bonds. The van der Waals surface area contributed by atoms with Crippen LogP contribution in [0.4, 0.5) is 14.5 Å². The van der Waals surface area contributed by atoms with Crippen molar-refractivity contribution in [1.29, 1.82) is 0 Å². The van der Waals surface area contributed by atoms with Gasteiger partial charge >= 0.3 is 0 Å². The normalized spacial score (nSPS) is 15.4. The quantitative estimate of drug-likeness (QED) is 0.506. The number of anilines is 1. The zero-order chi connectivity index (χ0) is 19.8. The van der Waals surface area contributed by atoms with Crippen LogP contribution in [0.2, 0.25) is 0 Å². The van der Waals surface area contributed by atoms with E-state index in [1.54, 1.807) is 24.6 Å². The average Bonchev–Trinajstić information content (AvgIpc) is 3.14. The van der Waals surface area contributed by atoms with Gasteiger partial charge in [-0.3, -0.25) is 9.88 Å². The zero-order valence-electron chi connectivity index (χ0n) is 15.9. The molecule has 29 heavy (non-hydrogen) atoms. The molecule has 0 spiro atoms. The van der Waals surface area contributed by atoms with E-state index in [0.29, 0.717) is 0 Å². The molecule has 3 heterocycles. The van der Waals surface area contributed by atoms with E-state index < -0.39 is 0 Å². The molecule has 0 N–H and O–H groups in total. The van der Waals surface area contributed by atoms with Crippen LogP contribution >= 0.6 is 0 Å². The second-order valence-corrected chi connectivity index (χ2v) is 7.48. The fourth-order valence-electron chi connectivity index (χ4n) is 4.12. The van der Waals surface area contributed by atoms with Gasteiger partial charge in [0.2, 0.25) is 0 Å². The van der Waals surface area contributed by atoms with E-state index in [-0.39, 0.29) is 11.6 Å². The lowest BCUT2D eigenvalue weighted by atomic mass is 10.1. The van der Waals surface area contributed by atoms with Gasteiger partial charge in [0.1, 0.15) is 17.2 Å². The molecule has 0 aliphatic carbocycles. The van der Waals surface area contributed by atoms with Gasteiger partial charge in [-0.1, -0.05) is 6.07 Å². The molecule has 5 rings (SSSR count). The van der Waals surface area contributed by atoms with Crippen molar-refractivity contribution in [2.75, 3.05) is 37.6 Å². The minimum atomic E-state index is -0.246. The molecule has 0 radical (unpaired) electrons. The first-order chi connectivity index (χ1) is 14.2. The number of hydrogen-bond donors (Lipinski definition) is 0. The smallest absolute Gasteiger partial charge is 0.134 e. The number of piperazine rings is 1. The van der Waals surface area contributed by atoms with Crippen molar-refractivity contribution in [2.24, 2.45) is 0 Å². The summed E-state index contributed by atoms with van der Waals surface area (Å²) in [4.78, 5) is 9.04. The van der Waals surface area contributed by atoms with Crippen molar-refractivity contribution in [3.63, 3.8) is 0 Å². The van der Waals surface area contributed by atoms with E-state index in [1.165, 1.54) is 18.2 Å². The molecule has 0 bridgehead atoms. The lowest BCUT2D eigenvalue weighted by Gasteiger charge is -2.36. The van der Waals surface area contributed by atoms with Crippen LogP contribution in [0.1, 0.15) is 5.56 Å². The summed E-state index contributed by atoms with van der Waals surface area (Å²) in [6, 6.07) is 11.5. The minimum Gasteiger partial charge on any atom is -0.464 e. The van der Waals surface area contributed by atoms with Crippen LogP contribution in [0.15, 0.2) is 59.3 Å². The molecule has 0 unspecified atom stereocenters. The van der Waals surface area contributed by atoms with Crippen molar-refractivity contribution in [1.82, 2.24) is 9.88 Å². The Morgan fingerprint density at radius 2 is 1.83 bits per heavy atom. The lowest BCUT2D eigenvalue weighted by Crippen LogP contribution is -2.47. The predicted octanol–water partition coefficient (Wildman–Crippen LogP) is 4.62. The first-order valence-corrected chi connectivity index (χ1v) is 9.84. The maximum absolute atomic E-state index is 14.1. The Hall–Kier alpha value is -2.99. The molecule has 148 valence electrons. The van der Waals surface area contributed by atoms with Crippen molar-refractivity contribution >= 4 is 27.6 Å². The Balaban J connectivity index is 1.26. The lowest BCUT2D eigenvalue weighted by molar-refractivity contribution is 0.261. The number of benzene rings is 2. The van der Waals surface area contributed by atoms with Crippen LogP contribution in [0.3, 0.4) is 0 Å². The molecule has 4 nitrogen and oxygen atoms in total. The summed E-state index contributed by atoms with van der Waals surface area (Å²) >= 11 is 0. The molecule has 2 aromatic carbocycles. The summed E-state index contributed by atoms with van der Waals surface area (Å²) in [7, 11) is 0. The Bertz CT molecular complexity index is 1170. The van der Waals surface area contributed by atoms with Gasteiger partial charge in [-0.15, -0.1) is 0 Å². The third-order valence-electron chi connectivity index (χ3n) is 5.68. The van der Waals surface area contributed by atoms with Gasteiger partial charge in [-0.2, -0.15) is 0 Å². The highest BCUT2D eigenvalue weighted by Gasteiger charge is 2.20. The predicted molar refractivity (Wildman–Crippen MR) is 110 cm³/mol. The molecule has 1 fully saturated rings. The highest BCUT2D eigenvalue weighted by atomic mass is 19.1. The second kappa shape index (κ2) is 7.44. The van der Waals surface area contributed by atoms with Crippen LogP contribution in [0, 0.1) is 11.6 Å². The fraction of sp³-hybridized carbons (Fsp3) is 0.261. The minimum absolute atomic E-state index is 0.234.